The molecular weight excluding hydrogens is 345 g/mol. The van der Waals surface area contributed by atoms with Gasteiger partial charge in [0.05, 0.1) is 12.7 Å². The molecule has 3 rings (SSSR count). The molecule has 4 nitrogen and oxygen atoms in total. The molecule has 1 aliphatic heterocycles. The van der Waals surface area contributed by atoms with E-state index in [2.05, 4.69) is 4.90 Å². The summed E-state index contributed by atoms with van der Waals surface area (Å²) >= 11 is 0. The van der Waals surface area contributed by atoms with Gasteiger partial charge in [0.25, 0.3) is 5.91 Å². The van der Waals surface area contributed by atoms with Crippen molar-refractivity contribution in [3.63, 3.8) is 0 Å². The van der Waals surface area contributed by atoms with E-state index in [1.54, 1.807) is 7.11 Å². The second-order valence-corrected chi connectivity index (χ2v) is 6.10. The number of ether oxygens (including phenoxy) is 1. The third-order valence-electron chi connectivity index (χ3n) is 4.51. The van der Waals surface area contributed by atoms with Gasteiger partial charge >= 0.3 is 0 Å². The van der Waals surface area contributed by atoms with Crippen molar-refractivity contribution < 1.29 is 22.7 Å². The molecule has 0 unspecified atom stereocenters. The molecule has 1 aliphatic rings. The smallest absolute Gasteiger partial charge is 0.257 e. The average molecular weight is 364 g/mol. The predicted octanol–water partition coefficient (Wildman–Crippen LogP) is 3.07. The lowest BCUT2D eigenvalue weighted by atomic mass is 10.1. The van der Waals surface area contributed by atoms with Crippen LogP contribution < -0.4 is 4.74 Å². The Labute approximate surface area is 149 Å². The van der Waals surface area contributed by atoms with E-state index in [4.69, 9.17) is 4.74 Å². The first-order valence-corrected chi connectivity index (χ1v) is 8.28. The minimum Gasteiger partial charge on any atom is -0.496 e. The highest BCUT2D eigenvalue weighted by Gasteiger charge is 2.26. The highest BCUT2D eigenvalue weighted by molar-refractivity contribution is 5.94. The van der Waals surface area contributed by atoms with E-state index in [1.807, 2.05) is 24.3 Å². The summed E-state index contributed by atoms with van der Waals surface area (Å²) in [5.41, 5.74) is 0.600. The SMILES string of the molecule is COc1ccccc1CN1CCN(C(=O)c2ccc(F)c(F)c2F)CC1. The maximum absolute atomic E-state index is 13.8. The van der Waals surface area contributed by atoms with Gasteiger partial charge in [0.2, 0.25) is 0 Å². The van der Waals surface area contributed by atoms with Gasteiger partial charge in [-0.15, -0.1) is 0 Å². The molecule has 0 spiro atoms. The molecule has 0 bridgehead atoms. The molecule has 2 aromatic rings. The van der Waals surface area contributed by atoms with Gasteiger partial charge in [0.1, 0.15) is 5.75 Å². The van der Waals surface area contributed by atoms with Crippen molar-refractivity contribution in [1.82, 2.24) is 9.80 Å². The lowest BCUT2D eigenvalue weighted by Crippen LogP contribution is -2.48. The molecule has 1 saturated heterocycles. The molecule has 2 aromatic carbocycles. The maximum atomic E-state index is 13.8. The van der Waals surface area contributed by atoms with E-state index < -0.39 is 28.9 Å². The van der Waals surface area contributed by atoms with Crippen LogP contribution in [0.1, 0.15) is 15.9 Å². The van der Waals surface area contributed by atoms with E-state index in [0.29, 0.717) is 32.7 Å². The number of rotatable bonds is 4. The first-order valence-electron chi connectivity index (χ1n) is 8.28. The quantitative estimate of drug-likeness (QED) is 0.782. The van der Waals surface area contributed by atoms with Crippen molar-refractivity contribution in [2.75, 3.05) is 33.3 Å². The molecule has 0 radical (unpaired) electrons. The molecule has 1 amide bonds. The number of benzene rings is 2. The number of hydrogen-bond acceptors (Lipinski definition) is 3. The second-order valence-electron chi connectivity index (χ2n) is 6.10. The number of para-hydroxylation sites is 1. The maximum Gasteiger partial charge on any atom is 0.257 e. The normalized spacial score (nSPS) is 15.2. The minimum atomic E-state index is -1.62. The monoisotopic (exact) mass is 364 g/mol. The number of carbonyl (C=O) groups excluding carboxylic acids is 1. The van der Waals surface area contributed by atoms with Crippen LogP contribution in [0.4, 0.5) is 13.2 Å². The summed E-state index contributed by atoms with van der Waals surface area (Å²) in [5, 5.41) is 0. The number of nitrogens with zero attached hydrogens (tertiary/aromatic N) is 2. The molecule has 0 atom stereocenters. The molecular formula is C19H19F3N2O2. The number of carbonyl (C=O) groups is 1. The van der Waals surface area contributed by atoms with Gasteiger partial charge in [-0.2, -0.15) is 0 Å². The topological polar surface area (TPSA) is 32.8 Å². The fourth-order valence-electron chi connectivity index (χ4n) is 3.04. The van der Waals surface area contributed by atoms with Gasteiger partial charge in [0, 0.05) is 38.3 Å². The zero-order chi connectivity index (χ0) is 18.7. The Morgan fingerprint density at radius 3 is 2.38 bits per heavy atom. The van der Waals surface area contributed by atoms with E-state index >= 15 is 0 Å². The summed E-state index contributed by atoms with van der Waals surface area (Å²) in [5.74, 6) is -4.19. The number of piperazine rings is 1. The van der Waals surface area contributed by atoms with Crippen LogP contribution in [0.3, 0.4) is 0 Å². The van der Waals surface area contributed by atoms with Gasteiger partial charge in [0.15, 0.2) is 17.5 Å². The van der Waals surface area contributed by atoms with Gasteiger partial charge in [-0.3, -0.25) is 9.69 Å². The Kier molecular flexibility index (Phi) is 5.46. The Bertz CT molecular complexity index is 805. The molecule has 0 aromatic heterocycles. The van der Waals surface area contributed by atoms with Crippen LogP contribution >= 0.6 is 0 Å². The Morgan fingerprint density at radius 1 is 1.00 bits per heavy atom. The lowest BCUT2D eigenvalue weighted by molar-refractivity contribution is 0.0621. The fraction of sp³-hybridized carbons (Fsp3) is 0.316. The largest absolute Gasteiger partial charge is 0.496 e. The summed E-state index contributed by atoms with van der Waals surface area (Å²) in [6, 6.07) is 9.45. The summed E-state index contributed by atoms with van der Waals surface area (Å²) in [7, 11) is 1.62. The van der Waals surface area contributed by atoms with Crippen LogP contribution in [-0.2, 0) is 6.54 Å². The standard InChI is InChI=1S/C19H19F3N2O2/c1-26-16-5-3-2-4-13(16)12-23-8-10-24(11-9-23)19(25)14-6-7-15(20)18(22)17(14)21/h2-7H,8-12H2,1H3. The first-order chi connectivity index (χ1) is 12.5. The summed E-state index contributed by atoms with van der Waals surface area (Å²) in [6.45, 7) is 2.62. The third-order valence-corrected chi connectivity index (χ3v) is 4.51. The second kappa shape index (κ2) is 7.78. The molecule has 1 heterocycles. The van der Waals surface area contributed by atoms with Crippen molar-refractivity contribution in [2.45, 2.75) is 6.54 Å². The molecule has 1 fully saturated rings. The Hall–Kier alpha value is -2.54. The van der Waals surface area contributed by atoms with Gasteiger partial charge in [-0.25, -0.2) is 13.2 Å². The van der Waals surface area contributed by atoms with E-state index in [9.17, 15) is 18.0 Å². The zero-order valence-electron chi connectivity index (χ0n) is 14.3. The molecule has 138 valence electrons. The summed E-state index contributed by atoms with van der Waals surface area (Å²) in [4.78, 5) is 16.0. The van der Waals surface area contributed by atoms with Crippen LogP contribution in [0, 0.1) is 17.5 Å². The molecule has 0 aliphatic carbocycles. The predicted molar refractivity (Wildman–Crippen MR) is 90.5 cm³/mol. The van der Waals surface area contributed by atoms with Gasteiger partial charge in [-0.1, -0.05) is 18.2 Å². The molecule has 7 heteroatoms. The minimum absolute atomic E-state index is 0.381. The highest BCUT2D eigenvalue weighted by Crippen LogP contribution is 2.21. The number of hydrogen-bond donors (Lipinski definition) is 0. The van der Waals surface area contributed by atoms with Crippen LogP contribution in [-0.4, -0.2) is 49.0 Å². The van der Waals surface area contributed by atoms with Crippen LogP contribution in [0.5, 0.6) is 5.75 Å². The Balaban J connectivity index is 1.63. The highest BCUT2D eigenvalue weighted by atomic mass is 19.2. The first kappa shape index (κ1) is 18.3. The average Bonchev–Trinajstić information content (AvgIpc) is 2.67. The summed E-state index contributed by atoms with van der Waals surface area (Å²) < 4.78 is 45.5. The molecule has 0 saturated carbocycles. The van der Waals surface area contributed by atoms with Crippen molar-refractivity contribution in [3.8, 4) is 5.75 Å². The van der Waals surface area contributed by atoms with Crippen molar-refractivity contribution in [1.29, 1.82) is 0 Å². The van der Waals surface area contributed by atoms with Crippen LogP contribution in [0.2, 0.25) is 0 Å². The van der Waals surface area contributed by atoms with E-state index in [0.717, 1.165) is 23.4 Å². The lowest BCUT2D eigenvalue weighted by Gasteiger charge is -2.35. The van der Waals surface area contributed by atoms with Crippen LogP contribution in [0.25, 0.3) is 0 Å². The van der Waals surface area contributed by atoms with Crippen molar-refractivity contribution in [3.05, 3.63) is 65.0 Å². The van der Waals surface area contributed by atoms with Crippen molar-refractivity contribution in [2.24, 2.45) is 0 Å². The van der Waals surface area contributed by atoms with Gasteiger partial charge in [-0.05, 0) is 18.2 Å². The number of halogens is 3. The van der Waals surface area contributed by atoms with E-state index in [-0.39, 0.29) is 0 Å². The molecule has 26 heavy (non-hydrogen) atoms. The van der Waals surface area contributed by atoms with E-state index in [1.165, 1.54) is 4.90 Å². The van der Waals surface area contributed by atoms with Crippen LogP contribution in [0.15, 0.2) is 36.4 Å². The molecule has 0 N–H and O–H groups in total. The number of methoxy groups -OCH3 is 1. The third kappa shape index (κ3) is 3.67. The fourth-order valence-corrected chi connectivity index (χ4v) is 3.04. The van der Waals surface area contributed by atoms with Gasteiger partial charge < -0.3 is 9.64 Å². The number of amides is 1. The zero-order valence-corrected chi connectivity index (χ0v) is 14.3. The Morgan fingerprint density at radius 2 is 1.69 bits per heavy atom. The summed E-state index contributed by atoms with van der Waals surface area (Å²) in [6.07, 6.45) is 0. The van der Waals surface area contributed by atoms with Crippen molar-refractivity contribution >= 4 is 5.91 Å².